The zero-order valence-corrected chi connectivity index (χ0v) is 16.4. The van der Waals surface area contributed by atoms with Gasteiger partial charge in [-0.2, -0.15) is 11.8 Å². The summed E-state index contributed by atoms with van der Waals surface area (Å²) in [4.78, 5) is 10.9. The Morgan fingerprint density at radius 2 is 1.12 bits per heavy atom. The molecule has 26 heavy (non-hydrogen) atoms. The Kier molecular flexibility index (Phi) is 6.31. The third-order valence-corrected chi connectivity index (χ3v) is 10.9. The molecule has 2 nitrogen and oxygen atoms in total. The van der Waals surface area contributed by atoms with Crippen molar-refractivity contribution in [1.82, 2.24) is 0 Å². The van der Waals surface area contributed by atoms with Crippen LogP contribution in [0.3, 0.4) is 0 Å². The van der Waals surface area contributed by atoms with E-state index in [1.54, 1.807) is 0 Å². The van der Waals surface area contributed by atoms with Crippen molar-refractivity contribution in [3.05, 3.63) is 91.0 Å². The molecule has 0 fully saturated rings. The van der Waals surface area contributed by atoms with Gasteiger partial charge in [0.25, 0.3) is 0 Å². The molecule has 0 aliphatic rings. The van der Waals surface area contributed by atoms with E-state index < -0.39 is 14.0 Å². The molecule has 132 valence electrons. The average Bonchev–Trinajstić information content (AvgIpc) is 2.70. The summed E-state index contributed by atoms with van der Waals surface area (Å²) in [6.07, 6.45) is 0. The predicted molar refractivity (Wildman–Crippen MR) is 114 cm³/mol. The van der Waals surface area contributed by atoms with E-state index in [1.807, 2.05) is 0 Å². The van der Waals surface area contributed by atoms with Gasteiger partial charge >= 0.3 is 5.97 Å². The normalized spacial score (nSPS) is 11.2. The van der Waals surface area contributed by atoms with Gasteiger partial charge in [-0.1, -0.05) is 91.0 Å². The molecule has 0 saturated heterocycles. The van der Waals surface area contributed by atoms with Crippen LogP contribution in [0, 0.1) is 0 Å². The molecule has 0 atom stereocenters. The van der Waals surface area contributed by atoms with E-state index >= 15 is 0 Å². The Bertz CT molecular complexity index is 726. The molecule has 4 heteroatoms. The van der Waals surface area contributed by atoms with Gasteiger partial charge in [0.1, 0.15) is 8.07 Å². The number of hydrogen-bond donors (Lipinski definition) is 1. The lowest BCUT2D eigenvalue weighted by atomic mass is 10.3. The second kappa shape index (κ2) is 8.88. The lowest BCUT2D eigenvalue weighted by Gasteiger charge is -2.33. The van der Waals surface area contributed by atoms with Crippen LogP contribution in [-0.2, 0) is 4.79 Å². The number of aliphatic carboxylic acids is 1. The fourth-order valence-corrected chi connectivity index (χ4v) is 9.76. The zero-order valence-electron chi connectivity index (χ0n) is 14.5. The number of thioether (sulfide) groups is 1. The summed E-state index contributed by atoms with van der Waals surface area (Å²) in [5, 5.41) is 13.1. The van der Waals surface area contributed by atoms with Gasteiger partial charge < -0.3 is 5.11 Å². The predicted octanol–water partition coefficient (Wildman–Crippen LogP) is 2.97. The van der Waals surface area contributed by atoms with E-state index in [0.717, 1.165) is 11.8 Å². The lowest BCUT2D eigenvalue weighted by Crippen LogP contribution is -2.67. The topological polar surface area (TPSA) is 37.3 Å². The number of hydrogen-bond acceptors (Lipinski definition) is 2. The van der Waals surface area contributed by atoms with Crippen molar-refractivity contribution in [3.8, 4) is 0 Å². The third-order valence-electron chi connectivity index (χ3n) is 4.65. The number of carboxylic acid groups (broad SMARTS) is 1. The van der Waals surface area contributed by atoms with Crippen molar-refractivity contribution >= 4 is 41.4 Å². The SMILES string of the molecule is O=C(O)CSCC[Si](c1ccccc1)(c1ccccc1)c1ccccc1. The standard InChI is InChI=1S/C22H22O2SSi/c23-22(24)18-25-16-17-26(19-10-4-1-5-11-19,20-12-6-2-7-13-20)21-14-8-3-9-15-21/h1-15H,16-18H2,(H,23,24). The molecule has 0 amide bonds. The smallest absolute Gasteiger partial charge is 0.313 e. The summed E-state index contributed by atoms with van der Waals surface area (Å²) in [5.41, 5.74) is 0. The Balaban J connectivity index is 2.10. The fraction of sp³-hybridized carbons (Fsp3) is 0.136. The molecule has 3 rings (SSSR count). The molecule has 0 aliphatic heterocycles. The van der Waals surface area contributed by atoms with Crippen molar-refractivity contribution in [1.29, 1.82) is 0 Å². The van der Waals surface area contributed by atoms with Gasteiger partial charge in [-0.05, 0) is 27.4 Å². The summed E-state index contributed by atoms with van der Waals surface area (Å²) in [6.45, 7) is 0. The van der Waals surface area contributed by atoms with Crippen LogP contribution in [0.5, 0.6) is 0 Å². The monoisotopic (exact) mass is 378 g/mol. The molecule has 0 unspecified atom stereocenters. The van der Waals surface area contributed by atoms with Gasteiger partial charge in [0, 0.05) is 0 Å². The molecule has 3 aromatic carbocycles. The minimum absolute atomic E-state index is 0.156. The number of benzene rings is 3. The molecule has 0 heterocycles. The van der Waals surface area contributed by atoms with Crippen LogP contribution in [0.2, 0.25) is 6.04 Å². The largest absolute Gasteiger partial charge is 0.481 e. The van der Waals surface area contributed by atoms with Gasteiger partial charge in [-0.25, -0.2) is 0 Å². The van der Waals surface area contributed by atoms with E-state index in [0.29, 0.717) is 0 Å². The highest BCUT2D eigenvalue weighted by molar-refractivity contribution is 8.00. The molecule has 0 aromatic heterocycles. The maximum atomic E-state index is 10.9. The van der Waals surface area contributed by atoms with Gasteiger partial charge in [-0.3, -0.25) is 4.79 Å². The minimum atomic E-state index is -2.21. The van der Waals surface area contributed by atoms with E-state index in [1.165, 1.54) is 27.3 Å². The van der Waals surface area contributed by atoms with E-state index in [-0.39, 0.29) is 5.75 Å². The highest BCUT2D eigenvalue weighted by Gasteiger charge is 2.38. The Hall–Kier alpha value is -2.30. The fourth-order valence-electron chi connectivity index (χ4n) is 3.49. The van der Waals surface area contributed by atoms with Crippen molar-refractivity contribution < 1.29 is 9.90 Å². The van der Waals surface area contributed by atoms with E-state index in [2.05, 4.69) is 91.0 Å². The molecule has 0 saturated carbocycles. The first kappa shape index (κ1) is 18.5. The highest BCUT2D eigenvalue weighted by Crippen LogP contribution is 2.16. The highest BCUT2D eigenvalue weighted by atomic mass is 32.2. The van der Waals surface area contributed by atoms with Crippen molar-refractivity contribution in [2.45, 2.75) is 6.04 Å². The quantitative estimate of drug-likeness (QED) is 0.372. The number of carboxylic acids is 1. The first-order chi connectivity index (χ1) is 12.7. The molecular formula is C22H22O2SSi. The maximum Gasteiger partial charge on any atom is 0.313 e. The zero-order chi connectivity index (χ0) is 18.2. The molecular weight excluding hydrogens is 356 g/mol. The van der Waals surface area contributed by atoms with Crippen molar-refractivity contribution in [2.24, 2.45) is 0 Å². The maximum absolute atomic E-state index is 10.9. The molecule has 0 spiro atoms. The van der Waals surface area contributed by atoms with Crippen LogP contribution in [0.25, 0.3) is 0 Å². The molecule has 0 aliphatic carbocycles. The Morgan fingerprint density at radius 3 is 1.46 bits per heavy atom. The van der Waals surface area contributed by atoms with E-state index in [9.17, 15) is 4.79 Å². The second-order valence-electron chi connectivity index (χ2n) is 6.20. The lowest BCUT2D eigenvalue weighted by molar-refractivity contribution is -0.133. The molecule has 0 radical (unpaired) electrons. The second-order valence-corrected chi connectivity index (χ2v) is 11.3. The average molecular weight is 379 g/mol. The van der Waals surface area contributed by atoms with Crippen LogP contribution in [0.15, 0.2) is 91.0 Å². The summed E-state index contributed by atoms with van der Waals surface area (Å²) in [7, 11) is -2.21. The van der Waals surface area contributed by atoms with Gasteiger partial charge in [0.15, 0.2) is 0 Å². The van der Waals surface area contributed by atoms with Crippen LogP contribution in [-0.4, -0.2) is 30.7 Å². The Labute approximate surface area is 159 Å². The first-order valence-electron chi connectivity index (χ1n) is 8.69. The first-order valence-corrected chi connectivity index (χ1v) is 12.1. The molecule has 3 aromatic rings. The molecule has 0 bridgehead atoms. The van der Waals surface area contributed by atoms with Gasteiger partial charge in [-0.15, -0.1) is 0 Å². The van der Waals surface area contributed by atoms with Gasteiger partial charge in [0.2, 0.25) is 0 Å². The summed E-state index contributed by atoms with van der Waals surface area (Å²) < 4.78 is 0. The summed E-state index contributed by atoms with van der Waals surface area (Å²) >= 11 is 1.51. The van der Waals surface area contributed by atoms with Crippen molar-refractivity contribution in [2.75, 3.05) is 11.5 Å². The van der Waals surface area contributed by atoms with Crippen LogP contribution < -0.4 is 15.6 Å². The Morgan fingerprint density at radius 1 is 0.731 bits per heavy atom. The van der Waals surface area contributed by atoms with E-state index in [4.69, 9.17) is 5.11 Å². The summed E-state index contributed by atoms with van der Waals surface area (Å²) in [6, 6.07) is 33.1. The van der Waals surface area contributed by atoms with Gasteiger partial charge in [0.05, 0.1) is 5.75 Å². The van der Waals surface area contributed by atoms with Crippen LogP contribution in [0.1, 0.15) is 0 Å². The van der Waals surface area contributed by atoms with Crippen LogP contribution in [0.4, 0.5) is 0 Å². The third kappa shape index (κ3) is 4.09. The number of carbonyl (C=O) groups is 1. The minimum Gasteiger partial charge on any atom is -0.481 e. The van der Waals surface area contributed by atoms with Crippen LogP contribution >= 0.6 is 11.8 Å². The number of rotatable bonds is 8. The summed E-state index contributed by atoms with van der Waals surface area (Å²) in [5.74, 6) is 0.237. The molecule has 1 N–H and O–H groups in total. The van der Waals surface area contributed by atoms with Crippen molar-refractivity contribution in [3.63, 3.8) is 0 Å².